The quantitative estimate of drug-likeness (QED) is 0.625. The first-order valence-corrected chi connectivity index (χ1v) is 12.3. The van der Waals surface area contributed by atoms with Crippen molar-refractivity contribution in [2.24, 2.45) is 5.92 Å². The number of halogens is 1. The minimum Gasteiger partial charge on any atom is -0.368 e. The van der Waals surface area contributed by atoms with Gasteiger partial charge in [-0.1, -0.05) is 37.6 Å². The van der Waals surface area contributed by atoms with Crippen molar-refractivity contribution in [2.75, 3.05) is 37.6 Å². The van der Waals surface area contributed by atoms with Crippen molar-refractivity contribution in [2.45, 2.75) is 32.2 Å². The molecular formula is C23H30ClN3O3S. The van der Waals surface area contributed by atoms with Crippen LogP contribution in [0, 0.1) is 5.92 Å². The first kappa shape index (κ1) is 23.6. The van der Waals surface area contributed by atoms with E-state index in [1.165, 1.54) is 4.31 Å². The molecule has 2 aromatic carbocycles. The number of nitrogens with zero attached hydrogens (tertiary/aromatic N) is 3. The zero-order valence-corrected chi connectivity index (χ0v) is 19.9. The monoisotopic (exact) mass is 463 g/mol. The number of sulfonamides is 1. The van der Waals surface area contributed by atoms with Crippen LogP contribution in [0.1, 0.15) is 26.3 Å². The Balaban J connectivity index is 1.76. The third kappa shape index (κ3) is 5.99. The fraction of sp³-hybridized carbons (Fsp3) is 0.435. The highest BCUT2D eigenvalue weighted by atomic mass is 35.5. The SMILES string of the molecule is CC(=O)N1CCN(c2ccc(S(=O)(=O)N(Cc3ccc(Cl)cc3)CC(C)C)cc2)CC1. The Morgan fingerprint density at radius 1 is 1.00 bits per heavy atom. The van der Waals surface area contributed by atoms with E-state index in [9.17, 15) is 13.2 Å². The van der Waals surface area contributed by atoms with Gasteiger partial charge in [-0.3, -0.25) is 4.79 Å². The van der Waals surface area contributed by atoms with E-state index in [-0.39, 0.29) is 16.7 Å². The van der Waals surface area contributed by atoms with Gasteiger partial charge in [0.1, 0.15) is 0 Å². The van der Waals surface area contributed by atoms with Gasteiger partial charge in [-0.25, -0.2) is 8.42 Å². The zero-order chi connectivity index (χ0) is 22.6. The van der Waals surface area contributed by atoms with Crippen molar-refractivity contribution in [3.8, 4) is 0 Å². The fourth-order valence-corrected chi connectivity index (χ4v) is 5.42. The number of amides is 1. The second-order valence-corrected chi connectivity index (χ2v) is 10.7. The van der Waals surface area contributed by atoms with Gasteiger partial charge in [0, 0.05) is 56.9 Å². The van der Waals surface area contributed by atoms with Crippen LogP contribution < -0.4 is 4.90 Å². The summed E-state index contributed by atoms with van der Waals surface area (Å²) in [6.45, 7) is 9.16. The number of piperazine rings is 1. The summed E-state index contributed by atoms with van der Waals surface area (Å²) in [6, 6.07) is 14.3. The summed E-state index contributed by atoms with van der Waals surface area (Å²) in [6.07, 6.45) is 0. The number of benzene rings is 2. The molecule has 6 nitrogen and oxygen atoms in total. The highest BCUT2D eigenvalue weighted by Crippen LogP contribution is 2.24. The second-order valence-electron chi connectivity index (χ2n) is 8.30. The lowest BCUT2D eigenvalue weighted by atomic mass is 10.2. The van der Waals surface area contributed by atoms with Crippen molar-refractivity contribution in [3.63, 3.8) is 0 Å². The predicted molar refractivity (Wildman–Crippen MR) is 125 cm³/mol. The minimum atomic E-state index is -3.64. The van der Waals surface area contributed by atoms with E-state index in [1.807, 2.05) is 43.0 Å². The number of hydrogen-bond acceptors (Lipinski definition) is 4. The maximum atomic E-state index is 13.4. The van der Waals surface area contributed by atoms with Crippen LogP contribution in [0.15, 0.2) is 53.4 Å². The second kappa shape index (κ2) is 10.0. The number of rotatable bonds is 7. The number of anilines is 1. The summed E-state index contributed by atoms with van der Waals surface area (Å²) in [5, 5.41) is 0.627. The molecule has 2 aromatic rings. The Morgan fingerprint density at radius 3 is 2.10 bits per heavy atom. The van der Waals surface area contributed by atoms with Gasteiger partial charge in [0.2, 0.25) is 15.9 Å². The molecule has 3 rings (SSSR count). The van der Waals surface area contributed by atoms with Crippen LogP contribution in [0.3, 0.4) is 0 Å². The smallest absolute Gasteiger partial charge is 0.243 e. The third-order valence-electron chi connectivity index (χ3n) is 5.41. The predicted octanol–water partition coefficient (Wildman–Crippen LogP) is 3.86. The van der Waals surface area contributed by atoms with Crippen LogP contribution in [0.5, 0.6) is 0 Å². The summed E-state index contributed by atoms with van der Waals surface area (Å²) in [5.74, 6) is 0.283. The molecule has 0 atom stereocenters. The fourth-order valence-electron chi connectivity index (χ4n) is 3.71. The Morgan fingerprint density at radius 2 is 1.58 bits per heavy atom. The molecule has 31 heavy (non-hydrogen) atoms. The van der Waals surface area contributed by atoms with Crippen LogP contribution in [0.2, 0.25) is 5.02 Å². The molecule has 0 unspecified atom stereocenters. The van der Waals surface area contributed by atoms with Crippen molar-refractivity contribution in [3.05, 3.63) is 59.1 Å². The molecule has 1 aliphatic heterocycles. The van der Waals surface area contributed by atoms with Gasteiger partial charge in [-0.05, 0) is 47.9 Å². The van der Waals surface area contributed by atoms with E-state index in [0.717, 1.165) is 24.3 Å². The summed E-state index contributed by atoms with van der Waals surface area (Å²) in [7, 11) is -3.64. The van der Waals surface area contributed by atoms with Gasteiger partial charge >= 0.3 is 0 Å². The zero-order valence-electron chi connectivity index (χ0n) is 18.3. The summed E-state index contributed by atoms with van der Waals surface area (Å²) >= 11 is 5.97. The molecule has 1 heterocycles. The lowest BCUT2D eigenvalue weighted by Gasteiger charge is -2.35. The lowest BCUT2D eigenvalue weighted by Crippen LogP contribution is -2.48. The molecular weight excluding hydrogens is 434 g/mol. The average molecular weight is 464 g/mol. The Bertz CT molecular complexity index is 984. The van der Waals surface area contributed by atoms with E-state index in [1.54, 1.807) is 31.2 Å². The molecule has 1 aliphatic rings. The first-order chi connectivity index (χ1) is 14.7. The molecule has 0 saturated carbocycles. The Labute approximate surface area is 190 Å². The molecule has 1 amide bonds. The number of carbonyl (C=O) groups excluding carboxylic acids is 1. The highest BCUT2D eigenvalue weighted by Gasteiger charge is 2.26. The molecule has 0 spiro atoms. The largest absolute Gasteiger partial charge is 0.368 e. The highest BCUT2D eigenvalue weighted by molar-refractivity contribution is 7.89. The van der Waals surface area contributed by atoms with Crippen LogP contribution >= 0.6 is 11.6 Å². The molecule has 0 aliphatic carbocycles. The van der Waals surface area contributed by atoms with E-state index in [2.05, 4.69) is 4.90 Å². The maximum absolute atomic E-state index is 13.4. The molecule has 0 radical (unpaired) electrons. The number of carbonyl (C=O) groups is 1. The van der Waals surface area contributed by atoms with Crippen molar-refractivity contribution < 1.29 is 13.2 Å². The molecule has 0 N–H and O–H groups in total. The topological polar surface area (TPSA) is 60.9 Å². The van der Waals surface area contributed by atoms with E-state index < -0.39 is 10.0 Å². The summed E-state index contributed by atoms with van der Waals surface area (Å²) in [4.78, 5) is 15.8. The van der Waals surface area contributed by atoms with Crippen molar-refractivity contribution in [1.29, 1.82) is 0 Å². The molecule has 1 saturated heterocycles. The van der Waals surface area contributed by atoms with Crippen LogP contribution in [0.25, 0.3) is 0 Å². The average Bonchev–Trinajstić information content (AvgIpc) is 2.74. The molecule has 8 heteroatoms. The van der Waals surface area contributed by atoms with E-state index >= 15 is 0 Å². The van der Waals surface area contributed by atoms with Gasteiger partial charge in [0.25, 0.3) is 0 Å². The lowest BCUT2D eigenvalue weighted by molar-refractivity contribution is -0.129. The minimum absolute atomic E-state index is 0.0898. The van der Waals surface area contributed by atoms with Gasteiger partial charge in [-0.15, -0.1) is 0 Å². The third-order valence-corrected chi connectivity index (χ3v) is 7.48. The van der Waals surface area contributed by atoms with Crippen LogP contribution in [-0.2, 0) is 21.4 Å². The van der Waals surface area contributed by atoms with Gasteiger partial charge < -0.3 is 9.80 Å². The van der Waals surface area contributed by atoms with E-state index in [0.29, 0.717) is 31.2 Å². The van der Waals surface area contributed by atoms with Gasteiger partial charge in [-0.2, -0.15) is 4.31 Å². The van der Waals surface area contributed by atoms with Crippen LogP contribution in [-0.4, -0.2) is 56.3 Å². The summed E-state index contributed by atoms with van der Waals surface area (Å²) < 4.78 is 28.3. The van der Waals surface area contributed by atoms with E-state index in [4.69, 9.17) is 11.6 Å². The molecule has 0 aromatic heterocycles. The van der Waals surface area contributed by atoms with Crippen molar-refractivity contribution >= 4 is 33.2 Å². The Hall–Kier alpha value is -2.09. The first-order valence-electron chi connectivity index (χ1n) is 10.5. The summed E-state index contributed by atoms with van der Waals surface area (Å²) in [5.41, 5.74) is 1.86. The number of hydrogen-bond donors (Lipinski definition) is 0. The van der Waals surface area contributed by atoms with Gasteiger partial charge in [0.15, 0.2) is 0 Å². The normalized spacial score (nSPS) is 15.0. The maximum Gasteiger partial charge on any atom is 0.243 e. The standard InChI is InChI=1S/C23H30ClN3O3S/c1-18(2)16-27(17-20-4-6-21(24)7-5-20)31(29,30)23-10-8-22(9-11-23)26-14-12-25(13-15-26)19(3)28/h4-11,18H,12-17H2,1-3H3. The Kier molecular flexibility index (Phi) is 7.62. The molecule has 1 fully saturated rings. The van der Waals surface area contributed by atoms with Crippen molar-refractivity contribution in [1.82, 2.24) is 9.21 Å². The molecule has 0 bridgehead atoms. The molecule has 168 valence electrons. The van der Waals surface area contributed by atoms with Gasteiger partial charge in [0.05, 0.1) is 4.90 Å². The van der Waals surface area contributed by atoms with Crippen LogP contribution in [0.4, 0.5) is 5.69 Å².